The van der Waals surface area contributed by atoms with E-state index in [4.69, 9.17) is 9.72 Å². The Morgan fingerprint density at radius 2 is 1.86 bits per heavy atom. The summed E-state index contributed by atoms with van der Waals surface area (Å²) < 4.78 is 5.09. The van der Waals surface area contributed by atoms with Gasteiger partial charge in [0.25, 0.3) is 5.91 Å². The van der Waals surface area contributed by atoms with Crippen molar-refractivity contribution >= 4 is 16.8 Å². The molecule has 0 spiro atoms. The minimum Gasteiger partial charge on any atom is -0.384 e. The molecule has 1 fully saturated rings. The second-order valence-corrected chi connectivity index (χ2v) is 7.59. The lowest BCUT2D eigenvalue weighted by Crippen LogP contribution is -2.28. The highest BCUT2D eigenvalue weighted by molar-refractivity contribution is 6.08. The predicted octanol–water partition coefficient (Wildman–Crippen LogP) is 3.73. The van der Waals surface area contributed by atoms with Crippen LogP contribution in [0.2, 0.25) is 0 Å². The lowest BCUT2D eigenvalue weighted by Gasteiger charge is -2.18. The van der Waals surface area contributed by atoms with Crippen LogP contribution in [0.1, 0.15) is 40.2 Å². The number of hydrogen-bond acceptors (Lipinski definition) is 5. The summed E-state index contributed by atoms with van der Waals surface area (Å²) in [4.78, 5) is 29.0. The number of methoxy groups -OCH3 is 1. The second kappa shape index (κ2) is 8.25. The first-order chi connectivity index (χ1) is 14.1. The zero-order chi connectivity index (χ0) is 20.4. The summed E-state index contributed by atoms with van der Waals surface area (Å²) in [6.07, 6.45) is 6.36. The molecule has 4 rings (SSSR count). The molecule has 0 unspecified atom stereocenters. The smallest absolute Gasteiger partial charge is 0.254 e. The zero-order valence-corrected chi connectivity index (χ0v) is 17.2. The van der Waals surface area contributed by atoms with E-state index in [-0.39, 0.29) is 5.91 Å². The number of hydrogen-bond donors (Lipinski definition) is 0. The van der Waals surface area contributed by atoms with Crippen molar-refractivity contribution in [1.29, 1.82) is 0 Å². The highest BCUT2D eigenvalue weighted by Gasteiger charge is 2.23. The van der Waals surface area contributed by atoms with Crippen LogP contribution < -0.4 is 0 Å². The molecular weight excluding hydrogens is 364 g/mol. The molecule has 1 saturated heterocycles. The van der Waals surface area contributed by atoms with E-state index < -0.39 is 0 Å². The number of carbonyl (C=O) groups is 1. The lowest BCUT2D eigenvalue weighted by molar-refractivity contribution is 0.0794. The molecule has 0 bridgehead atoms. The van der Waals surface area contributed by atoms with Crippen LogP contribution in [0, 0.1) is 13.8 Å². The van der Waals surface area contributed by atoms with Gasteiger partial charge in [0.15, 0.2) is 0 Å². The highest BCUT2D eigenvalue weighted by atomic mass is 16.5. The lowest BCUT2D eigenvalue weighted by atomic mass is 9.99. The number of amides is 1. The molecule has 0 aliphatic carbocycles. The summed E-state index contributed by atoms with van der Waals surface area (Å²) in [5, 5.41) is 0.909. The minimum atomic E-state index is 0.0806. The van der Waals surface area contributed by atoms with E-state index in [1.165, 1.54) is 0 Å². The average Bonchev–Trinajstić information content (AvgIpc) is 3.29. The van der Waals surface area contributed by atoms with Crippen LogP contribution >= 0.6 is 0 Å². The number of likely N-dealkylation sites (tertiary alicyclic amines) is 1. The number of aryl methyl sites for hydroxylation is 2. The van der Waals surface area contributed by atoms with Gasteiger partial charge in [0.1, 0.15) is 5.82 Å². The van der Waals surface area contributed by atoms with Crippen molar-refractivity contribution in [2.45, 2.75) is 33.1 Å². The van der Waals surface area contributed by atoms with Crippen LogP contribution in [-0.2, 0) is 11.2 Å². The SMILES string of the molecule is COCCc1ncc(-c2cc(C(=O)N3CCCC3)c3ccc(C)c(C)c3n2)cn1. The fourth-order valence-corrected chi connectivity index (χ4v) is 3.75. The molecule has 3 aromatic rings. The number of pyridine rings is 1. The standard InChI is InChI=1S/C23H26N4O2/c1-15-6-7-18-19(23(28)27-9-4-5-10-27)12-20(26-22(18)16(15)2)17-13-24-21(25-14-17)8-11-29-3/h6-7,12-14H,4-5,8-11H2,1-3H3. The summed E-state index contributed by atoms with van der Waals surface area (Å²) in [5.74, 6) is 0.814. The molecule has 0 radical (unpaired) electrons. The van der Waals surface area contributed by atoms with E-state index in [0.29, 0.717) is 18.6 Å². The first-order valence-corrected chi connectivity index (χ1v) is 10.1. The molecule has 0 saturated carbocycles. The van der Waals surface area contributed by atoms with Crippen LogP contribution in [0.5, 0.6) is 0 Å². The minimum absolute atomic E-state index is 0.0806. The first kappa shape index (κ1) is 19.5. The van der Waals surface area contributed by atoms with Crippen LogP contribution in [-0.4, -0.2) is 52.6 Å². The first-order valence-electron chi connectivity index (χ1n) is 10.1. The largest absolute Gasteiger partial charge is 0.384 e. The molecule has 1 aromatic carbocycles. The van der Waals surface area contributed by atoms with Gasteiger partial charge in [-0.05, 0) is 43.9 Å². The average molecular weight is 390 g/mol. The van der Waals surface area contributed by atoms with E-state index in [9.17, 15) is 4.79 Å². The van der Waals surface area contributed by atoms with Gasteiger partial charge in [-0.25, -0.2) is 15.0 Å². The Morgan fingerprint density at radius 1 is 1.14 bits per heavy atom. The predicted molar refractivity (Wildman–Crippen MR) is 113 cm³/mol. The van der Waals surface area contributed by atoms with Gasteiger partial charge < -0.3 is 9.64 Å². The zero-order valence-electron chi connectivity index (χ0n) is 17.2. The maximum absolute atomic E-state index is 13.3. The highest BCUT2D eigenvalue weighted by Crippen LogP contribution is 2.29. The van der Waals surface area contributed by atoms with Crippen molar-refractivity contribution in [1.82, 2.24) is 19.9 Å². The third kappa shape index (κ3) is 3.85. The number of aromatic nitrogens is 3. The summed E-state index contributed by atoms with van der Waals surface area (Å²) >= 11 is 0. The Labute approximate surface area is 171 Å². The van der Waals surface area contributed by atoms with Gasteiger partial charge in [0, 0.05) is 50.0 Å². The van der Waals surface area contributed by atoms with Gasteiger partial charge in [-0.3, -0.25) is 4.79 Å². The molecule has 29 heavy (non-hydrogen) atoms. The van der Waals surface area contributed by atoms with Crippen LogP contribution in [0.4, 0.5) is 0 Å². The van der Waals surface area contributed by atoms with E-state index in [1.54, 1.807) is 19.5 Å². The molecule has 2 aromatic heterocycles. The Bertz CT molecular complexity index is 1040. The third-order valence-electron chi connectivity index (χ3n) is 5.66. The molecule has 3 heterocycles. The Hall–Kier alpha value is -2.86. The van der Waals surface area contributed by atoms with Gasteiger partial charge in [-0.1, -0.05) is 12.1 Å². The van der Waals surface area contributed by atoms with Crippen molar-refractivity contribution in [3.8, 4) is 11.3 Å². The van der Waals surface area contributed by atoms with Crippen molar-refractivity contribution in [2.75, 3.05) is 26.8 Å². The molecule has 1 aliphatic heterocycles. The number of ether oxygens (including phenoxy) is 1. The van der Waals surface area contributed by atoms with Crippen molar-refractivity contribution < 1.29 is 9.53 Å². The van der Waals surface area contributed by atoms with E-state index in [1.807, 2.05) is 17.0 Å². The third-order valence-corrected chi connectivity index (χ3v) is 5.66. The molecule has 1 amide bonds. The summed E-state index contributed by atoms with van der Waals surface area (Å²) in [6, 6.07) is 5.97. The van der Waals surface area contributed by atoms with E-state index >= 15 is 0 Å². The van der Waals surface area contributed by atoms with Crippen molar-refractivity contribution in [3.05, 3.63) is 53.1 Å². The van der Waals surface area contributed by atoms with E-state index in [0.717, 1.165) is 65.0 Å². The topological polar surface area (TPSA) is 68.2 Å². The van der Waals surface area contributed by atoms with Crippen molar-refractivity contribution in [2.24, 2.45) is 0 Å². The van der Waals surface area contributed by atoms with E-state index in [2.05, 4.69) is 29.9 Å². The molecule has 6 heteroatoms. The summed E-state index contributed by atoms with van der Waals surface area (Å²) in [7, 11) is 1.66. The maximum atomic E-state index is 13.3. The van der Waals surface area contributed by atoms with Gasteiger partial charge in [0.05, 0.1) is 23.4 Å². The molecule has 1 aliphatic rings. The quantitative estimate of drug-likeness (QED) is 0.664. The van der Waals surface area contributed by atoms with Crippen molar-refractivity contribution in [3.63, 3.8) is 0 Å². The fraction of sp³-hybridized carbons (Fsp3) is 0.391. The summed E-state index contributed by atoms with van der Waals surface area (Å²) in [6.45, 7) is 6.35. The second-order valence-electron chi connectivity index (χ2n) is 7.59. The Morgan fingerprint density at radius 3 is 2.55 bits per heavy atom. The summed E-state index contributed by atoms with van der Waals surface area (Å²) in [5.41, 5.74) is 5.37. The maximum Gasteiger partial charge on any atom is 0.254 e. The van der Waals surface area contributed by atoms with Gasteiger partial charge >= 0.3 is 0 Å². The van der Waals surface area contributed by atoms with Gasteiger partial charge in [-0.15, -0.1) is 0 Å². The molecule has 150 valence electrons. The Kier molecular flexibility index (Phi) is 5.53. The fourth-order valence-electron chi connectivity index (χ4n) is 3.75. The number of carbonyl (C=O) groups excluding carboxylic acids is 1. The normalized spacial score (nSPS) is 14.0. The molecule has 0 atom stereocenters. The van der Waals surface area contributed by atoms with Crippen LogP contribution in [0.3, 0.4) is 0 Å². The number of rotatable bonds is 5. The Balaban J connectivity index is 1.82. The number of fused-ring (bicyclic) bond motifs is 1. The molecule has 6 nitrogen and oxygen atoms in total. The van der Waals surface area contributed by atoms with Crippen LogP contribution in [0.15, 0.2) is 30.6 Å². The molecular formula is C23H26N4O2. The number of nitrogens with zero attached hydrogens (tertiary/aromatic N) is 4. The van der Waals surface area contributed by atoms with Crippen LogP contribution in [0.25, 0.3) is 22.2 Å². The van der Waals surface area contributed by atoms with Gasteiger partial charge in [-0.2, -0.15) is 0 Å². The number of benzene rings is 1. The monoisotopic (exact) mass is 390 g/mol. The molecule has 0 N–H and O–H groups in total. The van der Waals surface area contributed by atoms with Gasteiger partial charge in [0.2, 0.25) is 0 Å².